The van der Waals surface area contributed by atoms with Gasteiger partial charge in [-0.3, -0.25) is 0 Å². The first-order valence-electron chi connectivity index (χ1n) is 11.2. The summed E-state index contributed by atoms with van der Waals surface area (Å²) in [4.78, 5) is 48.4. The maximum atomic E-state index is 12.1. The summed E-state index contributed by atoms with van der Waals surface area (Å²) in [6, 6.07) is 16.5. The van der Waals surface area contributed by atoms with E-state index in [1.54, 1.807) is 0 Å². The summed E-state index contributed by atoms with van der Waals surface area (Å²) in [5.41, 5.74) is 1.63. The molecule has 0 spiro atoms. The molecular weight excluding hydrogens is 520 g/mol. The number of rotatable bonds is 14. The normalized spacial score (nSPS) is 11.9. The van der Waals surface area contributed by atoms with Gasteiger partial charge >= 0.3 is 24.1 Å². The molecule has 0 heterocycles. The summed E-state index contributed by atoms with van der Waals surface area (Å²) in [5.74, 6) is -0.778. The summed E-state index contributed by atoms with van der Waals surface area (Å²) in [5, 5.41) is 5.47. The van der Waals surface area contributed by atoms with Crippen LogP contribution in [0.4, 0.5) is 9.59 Å². The molecule has 0 aliphatic rings. The van der Waals surface area contributed by atoms with E-state index in [1.165, 1.54) is 37.7 Å². The number of benzene rings is 2. The number of hydrogen-bond acceptors (Lipinski definition) is 10. The lowest BCUT2D eigenvalue weighted by Crippen LogP contribution is -2.44. The second-order valence-corrected chi connectivity index (χ2v) is 9.85. The van der Waals surface area contributed by atoms with Gasteiger partial charge < -0.3 is 29.6 Å². The molecule has 0 bridgehead atoms. The van der Waals surface area contributed by atoms with Crippen LogP contribution in [-0.4, -0.2) is 67.0 Å². The number of thioether (sulfide) groups is 2. The third-order valence-corrected chi connectivity index (χ3v) is 7.19. The van der Waals surface area contributed by atoms with Crippen LogP contribution in [0, 0.1) is 0 Å². The lowest BCUT2D eigenvalue weighted by molar-refractivity contribution is -0.143. The molecule has 0 unspecified atom stereocenters. The molecule has 0 saturated heterocycles. The summed E-state index contributed by atoms with van der Waals surface area (Å²) >= 11 is 2.69. The third-order valence-electron chi connectivity index (χ3n) is 4.72. The lowest BCUT2D eigenvalue weighted by atomic mass is 10.2. The number of carbonyl (C=O) groups excluding carboxylic acids is 4. The van der Waals surface area contributed by atoms with Crippen LogP contribution in [0.25, 0.3) is 0 Å². The highest BCUT2D eigenvalue weighted by Crippen LogP contribution is 2.16. The number of methoxy groups -OCH3 is 2. The van der Waals surface area contributed by atoms with Crippen molar-refractivity contribution in [1.29, 1.82) is 0 Å². The van der Waals surface area contributed by atoms with Crippen molar-refractivity contribution in [2.45, 2.75) is 25.3 Å². The molecule has 2 amide bonds. The predicted molar refractivity (Wildman–Crippen MR) is 141 cm³/mol. The quantitative estimate of drug-likeness (QED) is 0.156. The molecule has 37 heavy (non-hydrogen) atoms. The van der Waals surface area contributed by atoms with Crippen molar-refractivity contribution >= 4 is 47.6 Å². The Balaban J connectivity index is 1.74. The zero-order chi connectivity index (χ0) is 26.9. The van der Waals surface area contributed by atoms with E-state index in [1.807, 2.05) is 60.7 Å². The number of amides is 2. The molecule has 0 aliphatic carbocycles. The summed E-state index contributed by atoms with van der Waals surface area (Å²) in [7, 11) is 2.46. The first-order valence-corrected chi connectivity index (χ1v) is 13.5. The fraction of sp³-hybridized carbons (Fsp3) is 0.360. The SMILES string of the molecule is COC(=O)[C@H](CSCSC[C@H](NC(=O)OCc1ccccc1)C(=O)OC)NC(=O)OCc1ccccc1. The average molecular weight is 551 g/mol. The highest BCUT2D eigenvalue weighted by molar-refractivity contribution is 8.16. The van der Waals surface area contributed by atoms with Gasteiger partial charge in [-0.1, -0.05) is 60.7 Å². The molecule has 0 saturated carbocycles. The van der Waals surface area contributed by atoms with Gasteiger partial charge in [0.1, 0.15) is 25.3 Å². The summed E-state index contributed by atoms with van der Waals surface area (Å²) < 4.78 is 19.8. The van der Waals surface area contributed by atoms with E-state index < -0.39 is 36.2 Å². The molecule has 2 atom stereocenters. The zero-order valence-corrected chi connectivity index (χ0v) is 22.2. The Morgan fingerprint density at radius 1 is 0.676 bits per heavy atom. The minimum Gasteiger partial charge on any atom is -0.467 e. The van der Waals surface area contributed by atoms with Crippen molar-refractivity contribution in [2.24, 2.45) is 0 Å². The first kappa shape index (κ1) is 29.8. The Labute approximate surface area is 224 Å². The van der Waals surface area contributed by atoms with Crippen molar-refractivity contribution < 1.29 is 38.1 Å². The van der Waals surface area contributed by atoms with Crippen LogP contribution >= 0.6 is 23.5 Å². The molecule has 0 fully saturated rings. The van der Waals surface area contributed by atoms with E-state index in [-0.39, 0.29) is 24.7 Å². The van der Waals surface area contributed by atoms with E-state index >= 15 is 0 Å². The smallest absolute Gasteiger partial charge is 0.408 e. The molecule has 0 radical (unpaired) electrons. The Morgan fingerprint density at radius 2 is 1.05 bits per heavy atom. The van der Waals surface area contributed by atoms with Crippen LogP contribution in [0.3, 0.4) is 0 Å². The van der Waals surface area contributed by atoms with Gasteiger partial charge in [0.25, 0.3) is 0 Å². The highest BCUT2D eigenvalue weighted by atomic mass is 32.2. The average Bonchev–Trinajstić information content (AvgIpc) is 2.93. The summed E-state index contributed by atoms with van der Waals surface area (Å²) in [6.07, 6.45) is -1.48. The van der Waals surface area contributed by atoms with Crippen LogP contribution in [0.15, 0.2) is 60.7 Å². The summed E-state index contributed by atoms with van der Waals surface area (Å²) in [6.45, 7) is 0.137. The number of esters is 2. The molecule has 2 rings (SSSR count). The number of ether oxygens (including phenoxy) is 4. The van der Waals surface area contributed by atoms with Crippen LogP contribution in [0.5, 0.6) is 0 Å². The van der Waals surface area contributed by atoms with Crippen LogP contribution in [-0.2, 0) is 41.8 Å². The van der Waals surface area contributed by atoms with Crippen molar-refractivity contribution in [1.82, 2.24) is 10.6 Å². The Kier molecular flexibility index (Phi) is 13.8. The molecule has 10 nitrogen and oxygen atoms in total. The fourth-order valence-corrected chi connectivity index (χ4v) is 4.98. The molecule has 2 aromatic rings. The second kappa shape index (κ2) is 17.1. The first-order chi connectivity index (χ1) is 17.9. The lowest BCUT2D eigenvalue weighted by Gasteiger charge is -2.17. The van der Waals surface area contributed by atoms with Crippen molar-refractivity contribution in [3.05, 3.63) is 71.8 Å². The maximum absolute atomic E-state index is 12.1. The van der Waals surface area contributed by atoms with E-state index in [4.69, 9.17) is 18.9 Å². The van der Waals surface area contributed by atoms with Gasteiger partial charge in [-0.2, -0.15) is 0 Å². The Hall–Kier alpha value is -3.38. The van der Waals surface area contributed by atoms with Gasteiger partial charge in [-0.15, -0.1) is 23.5 Å². The van der Waals surface area contributed by atoms with Crippen LogP contribution in [0.2, 0.25) is 0 Å². The van der Waals surface area contributed by atoms with Gasteiger partial charge in [0.05, 0.1) is 14.2 Å². The van der Waals surface area contributed by atoms with Gasteiger partial charge in [0.2, 0.25) is 0 Å². The monoisotopic (exact) mass is 550 g/mol. The minimum atomic E-state index is -0.915. The van der Waals surface area contributed by atoms with E-state index in [0.717, 1.165) is 11.1 Å². The molecule has 12 heteroatoms. The maximum Gasteiger partial charge on any atom is 0.408 e. The van der Waals surface area contributed by atoms with Crippen LogP contribution < -0.4 is 10.6 Å². The largest absolute Gasteiger partial charge is 0.467 e. The van der Waals surface area contributed by atoms with Crippen molar-refractivity contribution in [3.63, 3.8) is 0 Å². The van der Waals surface area contributed by atoms with E-state index in [0.29, 0.717) is 5.08 Å². The van der Waals surface area contributed by atoms with Crippen molar-refractivity contribution in [3.8, 4) is 0 Å². The molecule has 0 aromatic heterocycles. The predicted octanol–water partition coefficient (Wildman–Crippen LogP) is 3.35. The molecule has 200 valence electrons. The number of alkyl carbamates (subject to hydrolysis) is 2. The topological polar surface area (TPSA) is 129 Å². The molecule has 2 aromatic carbocycles. The standard InChI is InChI=1S/C25H30N2O8S2/c1-32-22(28)20(26-24(30)34-13-18-9-5-3-6-10-18)15-36-17-37-16-21(23(29)33-2)27-25(31)35-14-19-11-7-4-8-12-19/h3-12,20-21H,13-17H2,1-2H3,(H,26,30)(H,27,31)/t20-,21-/m0/s1. The van der Waals surface area contributed by atoms with Crippen molar-refractivity contribution in [2.75, 3.05) is 30.8 Å². The number of hydrogen-bond donors (Lipinski definition) is 2. The minimum absolute atomic E-state index is 0.0687. The number of nitrogens with one attached hydrogen (secondary N) is 2. The second-order valence-electron chi connectivity index (χ2n) is 7.42. The van der Waals surface area contributed by atoms with Crippen LogP contribution in [0.1, 0.15) is 11.1 Å². The van der Waals surface area contributed by atoms with Gasteiger partial charge in [0, 0.05) is 16.6 Å². The number of carbonyl (C=O) groups is 4. The van der Waals surface area contributed by atoms with E-state index in [9.17, 15) is 19.2 Å². The molecule has 0 aliphatic heterocycles. The van der Waals surface area contributed by atoms with Gasteiger partial charge in [-0.05, 0) is 11.1 Å². The zero-order valence-electron chi connectivity index (χ0n) is 20.5. The molecular formula is C25H30N2O8S2. The molecule has 2 N–H and O–H groups in total. The fourth-order valence-electron chi connectivity index (χ4n) is 2.83. The third kappa shape index (κ3) is 11.9. The van der Waals surface area contributed by atoms with Gasteiger partial charge in [-0.25, -0.2) is 19.2 Å². The highest BCUT2D eigenvalue weighted by Gasteiger charge is 2.24. The van der Waals surface area contributed by atoms with Gasteiger partial charge in [0.15, 0.2) is 0 Å². The Morgan fingerprint density at radius 3 is 1.41 bits per heavy atom. The Bertz CT molecular complexity index is 915. The van der Waals surface area contributed by atoms with E-state index in [2.05, 4.69) is 10.6 Å².